The van der Waals surface area contributed by atoms with Gasteiger partial charge in [-0.3, -0.25) is 14.9 Å². The minimum Gasteiger partial charge on any atom is -0.493 e. The number of nitrogens with zero attached hydrogens (tertiary/aromatic N) is 1. The lowest BCUT2D eigenvalue weighted by Gasteiger charge is -2.15. The normalized spacial score (nSPS) is 10.3. The van der Waals surface area contributed by atoms with Crippen LogP contribution in [0.3, 0.4) is 0 Å². The molecule has 2 N–H and O–H groups in total. The van der Waals surface area contributed by atoms with E-state index in [0.29, 0.717) is 23.7 Å². The fraction of sp³-hybridized carbons (Fsp3) is 0.136. The van der Waals surface area contributed by atoms with E-state index in [4.69, 9.17) is 21.1 Å². The van der Waals surface area contributed by atoms with Crippen molar-refractivity contribution in [3.05, 3.63) is 87.4 Å². The summed E-state index contributed by atoms with van der Waals surface area (Å²) in [7, 11) is 1.47. The summed E-state index contributed by atoms with van der Waals surface area (Å²) in [5.41, 5.74) is 2.03. The number of nitrogens with one attached hydrogen (secondary N) is 2. The summed E-state index contributed by atoms with van der Waals surface area (Å²) in [5.74, 6) is 0.295. The van der Waals surface area contributed by atoms with Gasteiger partial charge >= 0.3 is 0 Å². The molecule has 0 aliphatic carbocycles. The number of non-ortho nitro benzene ring substituents is 1. The summed E-state index contributed by atoms with van der Waals surface area (Å²) in [6.07, 6.45) is 0. The Morgan fingerprint density at radius 1 is 1.06 bits per heavy atom. The Kier molecular flexibility index (Phi) is 7.29. The van der Waals surface area contributed by atoms with Crippen LogP contribution in [-0.4, -0.2) is 24.5 Å². The topological polar surface area (TPSA) is 103 Å². The molecule has 0 aliphatic rings. The molecule has 3 aromatic rings. The Bertz CT molecular complexity index is 1080. The van der Waals surface area contributed by atoms with Gasteiger partial charge in [0.15, 0.2) is 18.1 Å². The maximum Gasteiger partial charge on any atom is 0.271 e. The lowest BCUT2D eigenvalue weighted by atomic mass is 10.2. The molecule has 0 bridgehead atoms. The Morgan fingerprint density at radius 3 is 2.52 bits per heavy atom. The van der Waals surface area contributed by atoms with E-state index in [-0.39, 0.29) is 29.0 Å². The van der Waals surface area contributed by atoms with Crippen molar-refractivity contribution in [3.8, 4) is 11.5 Å². The highest BCUT2D eigenvalue weighted by molar-refractivity contribution is 6.32. The van der Waals surface area contributed by atoms with E-state index < -0.39 is 4.92 Å². The Hall–Kier alpha value is -3.78. The third kappa shape index (κ3) is 6.10. The summed E-state index contributed by atoms with van der Waals surface area (Å²) in [6, 6.07) is 18.6. The molecule has 0 spiro atoms. The predicted molar refractivity (Wildman–Crippen MR) is 119 cm³/mol. The predicted octanol–water partition coefficient (Wildman–Crippen LogP) is 4.89. The quantitative estimate of drug-likeness (QED) is 0.362. The molecule has 9 heteroatoms. The molecule has 0 saturated carbocycles. The molecule has 0 aliphatic heterocycles. The highest BCUT2D eigenvalue weighted by Gasteiger charge is 2.14. The summed E-state index contributed by atoms with van der Waals surface area (Å²) in [4.78, 5) is 22.6. The van der Waals surface area contributed by atoms with Gasteiger partial charge in [0.05, 0.1) is 17.1 Å². The number of carbonyl (C=O) groups is 1. The first-order valence-corrected chi connectivity index (χ1v) is 9.66. The number of benzene rings is 3. The summed E-state index contributed by atoms with van der Waals surface area (Å²) >= 11 is 6.35. The van der Waals surface area contributed by atoms with Crippen LogP contribution < -0.4 is 20.1 Å². The minimum atomic E-state index is -0.453. The van der Waals surface area contributed by atoms with Crippen molar-refractivity contribution in [2.24, 2.45) is 0 Å². The van der Waals surface area contributed by atoms with Crippen molar-refractivity contribution in [1.29, 1.82) is 0 Å². The molecular formula is C22H20ClN3O5. The molecule has 0 radical (unpaired) electrons. The zero-order valence-electron chi connectivity index (χ0n) is 16.6. The summed E-state index contributed by atoms with van der Waals surface area (Å²) in [5, 5.41) is 17.0. The van der Waals surface area contributed by atoms with Crippen molar-refractivity contribution in [2.75, 3.05) is 24.4 Å². The molecule has 31 heavy (non-hydrogen) atoms. The second-order valence-corrected chi connectivity index (χ2v) is 6.88. The van der Waals surface area contributed by atoms with E-state index in [1.807, 2.05) is 18.2 Å². The van der Waals surface area contributed by atoms with Gasteiger partial charge in [-0.05, 0) is 35.9 Å². The molecule has 0 unspecified atom stereocenters. The lowest BCUT2D eigenvalue weighted by Crippen LogP contribution is -2.20. The highest BCUT2D eigenvalue weighted by Crippen LogP contribution is 2.36. The molecule has 0 fully saturated rings. The van der Waals surface area contributed by atoms with Crippen LogP contribution in [0.2, 0.25) is 5.02 Å². The number of para-hydroxylation sites is 1. The summed E-state index contributed by atoms with van der Waals surface area (Å²) < 4.78 is 11.0. The molecule has 0 heterocycles. The number of nitro benzene ring substituents is 1. The molecular weight excluding hydrogens is 422 g/mol. The average molecular weight is 442 g/mol. The van der Waals surface area contributed by atoms with Crippen molar-refractivity contribution in [1.82, 2.24) is 0 Å². The SMILES string of the molecule is COc1cc(CNc2cccc([N+](=O)[O-])c2)cc(Cl)c1OCC(=O)Nc1ccccc1. The fourth-order valence-electron chi connectivity index (χ4n) is 2.81. The first kappa shape index (κ1) is 21.9. The van der Waals surface area contributed by atoms with Crippen LogP contribution in [0.15, 0.2) is 66.7 Å². The van der Waals surface area contributed by atoms with Crippen LogP contribution in [0, 0.1) is 10.1 Å². The van der Waals surface area contributed by atoms with E-state index in [2.05, 4.69) is 10.6 Å². The molecule has 0 aromatic heterocycles. The third-order valence-corrected chi connectivity index (χ3v) is 4.53. The van der Waals surface area contributed by atoms with Gasteiger partial charge < -0.3 is 20.1 Å². The van der Waals surface area contributed by atoms with Gasteiger partial charge in [-0.15, -0.1) is 0 Å². The van der Waals surface area contributed by atoms with Crippen LogP contribution in [0.1, 0.15) is 5.56 Å². The minimum absolute atomic E-state index is 0.00172. The van der Waals surface area contributed by atoms with Crippen LogP contribution in [0.4, 0.5) is 17.1 Å². The van der Waals surface area contributed by atoms with E-state index >= 15 is 0 Å². The molecule has 1 amide bonds. The van der Waals surface area contributed by atoms with E-state index in [0.717, 1.165) is 5.56 Å². The highest BCUT2D eigenvalue weighted by atomic mass is 35.5. The number of halogens is 1. The third-order valence-electron chi connectivity index (χ3n) is 4.25. The molecule has 8 nitrogen and oxygen atoms in total. The van der Waals surface area contributed by atoms with Crippen molar-refractivity contribution < 1.29 is 19.2 Å². The largest absolute Gasteiger partial charge is 0.493 e. The Morgan fingerprint density at radius 2 is 1.81 bits per heavy atom. The molecule has 160 valence electrons. The van der Waals surface area contributed by atoms with Gasteiger partial charge in [-0.2, -0.15) is 0 Å². The number of nitro groups is 1. The van der Waals surface area contributed by atoms with E-state index in [1.165, 1.54) is 19.2 Å². The van der Waals surface area contributed by atoms with Crippen molar-refractivity contribution >= 4 is 34.6 Å². The van der Waals surface area contributed by atoms with E-state index in [9.17, 15) is 14.9 Å². The van der Waals surface area contributed by atoms with Gasteiger partial charge in [0.1, 0.15) is 0 Å². The number of carbonyl (C=O) groups excluding carboxylic acids is 1. The summed E-state index contributed by atoms with van der Waals surface area (Å²) in [6.45, 7) is 0.113. The molecule has 3 aromatic carbocycles. The number of ether oxygens (including phenoxy) is 2. The Labute approximate surface area is 183 Å². The van der Waals surface area contributed by atoms with Crippen molar-refractivity contribution in [3.63, 3.8) is 0 Å². The fourth-order valence-corrected chi connectivity index (χ4v) is 3.09. The number of hydrogen-bond acceptors (Lipinski definition) is 6. The van der Waals surface area contributed by atoms with Gasteiger partial charge in [-0.1, -0.05) is 35.9 Å². The zero-order valence-corrected chi connectivity index (χ0v) is 17.4. The second-order valence-electron chi connectivity index (χ2n) is 6.47. The smallest absolute Gasteiger partial charge is 0.271 e. The van der Waals surface area contributed by atoms with Gasteiger partial charge in [0.25, 0.3) is 11.6 Å². The number of methoxy groups -OCH3 is 1. The number of amides is 1. The lowest BCUT2D eigenvalue weighted by molar-refractivity contribution is -0.384. The van der Waals surface area contributed by atoms with Crippen LogP contribution in [0.5, 0.6) is 11.5 Å². The Balaban J connectivity index is 1.65. The van der Waals surface area contributed by atoms with E-state index in [1.54, 1.807) is 36.4 Å². The standard InChI is InChI=1S/C22H20ClN3O5/c1-30-20-11-15(13-24-17-8-5-9-18(12-17)26(28)29)10-19(23)22(20)31-14-21(27)25-16-6-3-2-4-7-16/h2-12,24H,13-14H2,1H3,(H,25,27). The first-order chi connectivity index (χ1) is 15.0. The number of hydrogen-bond donors (Lipinski definition) is 2. The van der Waals surface area contributed by atoms with Crippen molar-refractivity contribution in [2.45, 2.75) is 6.54 Å². The van der Waals surface area contributed by atoms with Gasteiger partial charge in [0, 0.05) is 30.1 Å². The van der Waals surface area contributed by atoms with Crippen LogP contribution >= 0.6 is 11.6 Å². The first-order valence-electron chi connectivity index (χ1n) is 9.28. The number of anilines is 2. The molecule has 0 atom stereocenters. The maximum atomic E-state index is 12.1. The monoisotopic (exact) mass is 441 g/mol. The average Bonchev–Trinajstić information content (AvgIpc) is 2.77. The van der Waals surface area contributed by atoms with Gasteiger partial charge in [-0.25, -0.2) is 0 Å². The number of rotatable bonds is 9. The molecule has 3 rings (SSSR count). The van der Waals surface area contributed by atoms with Gasteiger partial charge in [0.2, 0.25) is 0 Å². The zero-order chi connectivity index (χ0) is 22.2. The second kappa shape index (κ2) is 10.3. The van der Waals surface area contributed by atoms with Crippen LogP contribution in [0.25, 0.3) is 0 Å². The molecule has 0 saturated heterocycles. The maximum absolute atomic E-state index is 12.1. The van der Waals surface area contributed by atoms with Crippen LogP contribution in [-0.2, 0) is 11.3 Å².